The molecule has 0 bridgehead atoms. The number of para-hydroxylation sites is 2. The molecule has 3 aromatic rings. The smallest absolute Gasteiger partial charge is 0.251 e. The van der Waals surface area contributed by atoms with Crippen molar-refractivity contribution in [3.63, 3.8) is 0 Å². The van der Waals surface area contributed by atoms with E-state index in [1.807, 2.05) is 35.8 Å². The van der Waals surface area contributed by atoms with Crippen LogP contribution in [0.3, 0.4) is 0 Å². The number of thioether (sulfide) groups is 1. The Morgan fingerprint density at radius 3 is 2.45 bits per heavy atom. The SMILES string of the molecule is CCn1c(SCCOc2ccccc2OC)nnc1C(CO)NC(=O)c1ccc(OC)cc1. The molecule has 0 aliphatic heterocycles. The number of aromatic nitrogens is 3. The molecule has 1 atom stereocenters. The molecule has 3 rings (SSSR count). The number of nitrogens with zero attached hydrogens (tertiary/aromatic N) is 3. The first kappa shape index (κ1) is 24.4. The van der Waals surface area contributed by atoms with E-state index in [9.17, 15) is 9.90 Å². The molecule has 1 heterocycles. The minimum absolute atomic E-state index is 0.304. The molecule has 0 saturated heterocycles. The maximum Gasteiger partial charge on any atom is 0.251 e. The predicted octanol–water partition coefficient (Wildman–Crippen LogP) is 2.95. The first-order chi connectivity index (χ1) is 16.1. The number of methoxy groups -OCH3 is 2. The second kappa shape index (κ2) is 12.1. The summed E-state index contributed by atoms with van der Waals surface area (Å²) in [6, 6.07) is 13.5. The summed E-state index contributed by atoms with van der Waals surface area (Å²) in [6.45, 7) is 2.70. The quantitative estimate of drug-likeness (QED) is 0.306. The van der Waals surface area contributed by atoms with Crippen LogP contribution in [0.1, 0.15) is 29.1 Å². The van der Waals surface area contributed by atoms with Gasteiger partial charge in [-0.15, -0.1) is 10.2 Å². The molecule has 0 radical (unpaired) electrons. The number of hydrogen-bond acceptors (Lipinski definition) is 8. The Bertz CT molecular complexity index is 1040. The Morgan fingerprint density at radius 1 is 1.09 bits per heavy atom. The van der Waals surface area contributed by atoms with Gasteiger partial charge < -0.3 is 29.2 Å². The number of benzene rings is 2. The third-order valence-electron chi connectivity index (χ3n) is 4.85. The van der Waals surface area contributed by atoms with Crippen molar-refractivity contribution in [2.24, 2.45) is 0 Å². The van der Waals surface area contributed by atoms with Gasteiger partial charge in [-0.25, -0.2) is 0 Å². The van der Waals surface area contributed by atoms with Crippen molar-refractivity contribution in [3.05, 3.63) is 59.9 Å². The maximum absolute atomic E-state index is 12.6. The molecule has 0 saturated carbocycles. The normalized spacial score (nSPS) is 11.6. The van der Waals surface area contributed by atoms with Gasteiger partial charge in [0.1, 0.15) is 11.8 Å². The zero-order valence-corrected chi connectivity index (χ0v) is 19.7. The number of ether oxygens (including phenoxy) is 3. The van der Waals surface area contributed by atoms with E-state index < -0.39 is 6.04 Å². The molecular formula is C23H28N4O5S. The molecular weight excluding hydrogens is 444 g/mol. The predicted molar refractivity (Wildman–Crippen MR) is 125 cm³/mol. The fourth-order valence-corrected chi connectivity index (χ4v) is 3.99. The fourth-order valence-electron chi connectivity index (χ4n) is 3.16. The van der Waals surface area contributed by atoms with Gasteiger partial charge in [-0.3, -0.25) is 4.79 Å². The van der Waals surface area contributed by atoms with Crippen LogP contribution in [0, 0.1) is 0 Å². The second-order valence-electron chi connectivity index (χ2n) is 6.87. The molecule has 2 N–H and O–H groups in total. The topological polar surface area (TPSA) is 108 Å². The molecule has 33 heavy (non-hydrogen) atoms. The van der Waals surface area contributed by atoms with Gasteiger partial charge in [0.05, 0.1) is 27.4 Å². The number of carbonyl (C=O) groups excluding carboxylic acids is 1. The Hall–Kier alpha value is -3.24. The van der Waals surface area contributed by atoms with Gasteiger partial charge in [-0.05, 0) is 43.3 Å². The van der Waals surface area contributed by atoms with Crippen molar-refractivity contribution in [1.29, 1.82) is 0 Å². The summed E-state index contributed by atoms with van der Waals surface area (Å²) in [7, 11) is 3.17. The van der Waals surface area contributed by atoms with Gasteiger partial charge >= 0.3 is 0 Å². The van der Waals surface area contributed by atoms with Gasteiger partial charge in [0.2, 0.25) is 0 Å². The van der Waals surface area contributed by atoms with Crippen LogP contribution in [0.15, 0.2) is 53.7 Å². The van der Waals surface area contributed by atoms with Crippen LogP contribution in [0.2, 0.25) is 0 Å². The average molecular weight is 473 g/mol. The lowest BCUT2D eigenvalue weighted by molar-refractivity contribution is 0.0911. The number of aliphatic hydroxyl groups excluding tert-OH is 1. The summed E-state index contributed by atoms with van der Waals surface area (Å²) in [5, 5.41) is 21.9. The van der Waals surface area contributed by atoms with Crippen LogP contribution in [0.4, 0.5) is 0 Å². The molecule has 9 nitrogen and oxygen atoms in total. The molecule has 176 valence electrons. The third kappa shape index (κ3) is 6.17. The summed E-state index contributed by atoms with van der Waals surface area (Å²) in [5.41, 5.74) is 0.458. The summed E-state index contributed by atoms with van der Waals surface area (Å²) >= 11 is 1.49. The Kier molecular flexibility index (Phi) is 8.96. The van der Waals surface area contributed by atoms with E-state index in [-0.39, 0.29) is 12.5 Å². The van der Waals surface area contributed by atoms with Crippen molar-refractivity contribution in [2.45, 2.75) is 24.7 Å². The van der Waals surface area contributed by atoms with Gasteiger partial charge in [-0.1, -0.05) is 23.9 Å². The highest BCUT2D eigenvalue weighted by atomic mass is 32.2. The van der Waals surface area contributed by atoms with Gasteiger partial charge in [0.25, 0.3) is 5.91 Å². The third-order valence-corrected chi connectivity index (χ3v) is 5.79. The van der Waals surface area contributed by atoms with Crippen LogP contribution in [0.5, 0.6) is 17.2 Å². The molecule has 1 unspecified atom stereocenters. The van der Waals surface area contributed by atoms with E-state index in [0.717, 1.165) is 0 Å². The van der Waals surface area contributed by atoms with Crippen LogP contribution in [-0.2, 0) is 6.54 Å². The van der Waals surface area contributed by atoms with E-state index >= 15 is 0 Å². The number of aliphatic hydroxyl groups is 1. The summed E-state index contributed by atoms with van der Waals surface area (Å²) in [5.74, 6) is 2.84. The molecule has 1 amide bonds. The zero-order chi connectivity index (χ0) is 23.6. The Labute approximate surface area is 197 Å². The average Bonchev–Trinajstić information content (AvgIpc) is 3.27. The van der Waals surface area contributed by atoms with Crippen molar-refractivity contribution in [3.8, 4) is 17.2 Å². The highest BCUT2D eigenvalue weighted by molar-refractivity contribution is 7.99. The van der Waals surface area contributed by atoms with Crippen LogP contribution in [-0.4, -0.2) is 59.0 Å². The number of nitrogens with one attached hydrogen (secondary N) is 1. The van der Waals surface area contributed by atoms with Crippen molar-refractivity contribution >= 4 is 17.7 Å². The summed E-state index contributed by atoms with van der Waals surface area (Å²) in [4.78, 5) is 12.6. The first-order valence-electron chi connectivity index (χ1n) is 10.5. The van der Waals surface area contributed by atoms with E-state index in [4.69, 9.17) is 14.2 Å². The largest absolute Gasteiger partial charge is 0.497 e. The lowest BCUT2D eigenvalue weighted by Crippen LogP contribution is -2.32. The van der Waals surface area contributed by atoms with Gasteiger partial charge in [0.15, 0.2) is 22.5 Å². The highest BCUT2D eigenvalue weighted by Crippen LogP contribution is 2.26. The van der Waals surface area contributed by atoms with Crippen molar-refractivity contribution < 1.29 is 24.1 Å². The van der Waals surface area contributed by atoms with E-state index in [1.165, 1.54) is 11.8 Å². The van der Waals surface area contributed by atoms with Crippen LogP contribution >= 0.6 is 11.8 Å². The number of carbonyl (C=O) groups is 1. The maximum atomic E-state index is 12.6. The fraction of sp³-hybridized carbons (Fsp3) is 0.348. The van der Waals surface area contributed by atoms with Crippen molar-refractivity contribution in [1.82, 2.24) is 20.1 Å². The Morgan fingerprint density at radius 2 is 1.82 bits per heavy atom. The van der Waals surface area contributed by atoms with E-state index in [0.29, 0.717) is 52.7 Å². The summed E-state index contributed by atoms with van der Waals surface area (Å²) in [6.07, 6.45) is 0. The van der Waals surface area contributed by atoms with Gasteiger partial charge in [0, 0.05) is 17.9 Å². The minimum Gasteiger partial charge on any atom is -0.497 e. The van der Waals surface area contributed by atoms with Crippen molar-refractivity contribution in [2.75, 3.05) is 33.2 Å². The standard InChI is InChI=1S/C23H28N4O5S/c1-4-27-21(18(15-28)24-22(29)16-9-11-17(30-2)12-10-16)25-26-23(27)33-14-13-32-20-8-6-5-7-19(20)31-3/h5-12,18,28H,4,13-15H2,1-3H3,(H,24,29). The lowest BCUT2D eigenvalue weighted by atomic mass is 10.2. The summed E-state index contributed by atoms with van der Waals surface area (Å²) < 4.78 is 18.1. The van der Waals surface area contributed by atoms with E-state index in [1.54, 1.807) is 38.5 Å². The van der Waals surface area contributed by atoms with Crippen LogP contribution < -0.4 is 19.5 Å². The number of rotatable bonds is 12. The number of amides is 1. The molecule has 0 spiro atoms. The molecule has 0 fully saturated rings. The zero-order valence-electron chi connectivity index (χ0n) is 18.9. The second-order valence-corrected chi connectivity index (χ2v) is 7.93. The molecule has 1 aromatic heterocycles. The molecule has 2 aromatic carbocycles. The monoisotopic (exact) mass is 472 g/mol. The molecule has 0 aliphatic rings. The minimum atomic E-state index is -0.689. The molecule has 0 aliphatic carbocycles. The molecule has 10 heteroatoms. The lowest BCUT2D eigenvalue weighted by Gasteiger charge is -2.17. The Balaban J connectivity index is 1.62. The van der Waals surface area contributed by atoms with E-state index in [2.05, 4.69) is 15.5 Å². The highest BCUT2D eigenvalue weighted by Gasteiger charge is 2.22. The van der Waals surface area contributed by atoms with Crippen LogP contribution in [0.25, 0.3) is 0 Å². The number of hydrogen-bond donors (Lipinski definition) is 2. The first-order valence-corrected chi connectivity index (χ1v) is 11.5. The van der Waals surface area contributed by atoms with Gasteiger partial charge in [-0.2, -0.15) is 0 Å².